The van der Waals surface area contributed by atoms with Crippen molar-refractivity contribution in [3.63, 3.8) is 0 Å². The largest absolute Gasteiger partial charge is 0.449 e. The van der Waals surface area contributed by atoms with Gasteiger partial charge in [0, 0.05) is 18.9 Å². The summed E-state index contributed by atoms with van der Waals surface area (Å²) in [6, 6.07) is 1.97. The van der Waals surface area contributed by atoms with Crippen molar-refractivity contribution in [3.05, 3.63) is 0 Å². The number of unbranched alkanes of at least 4 members (excludes halogenated alkanes) is 15. The molecule has 1 amide bonds. The molecular weight excluding hydrogens is 364 g/mol. The van der Waals surface area contributed by atoms with Crippen LogP contribution >= 0.6 is 0 Å². The molecule has 0 aliphatic carbocycles. The molecule has 0 heterocycles. The summed E-state index contributed by atoms with van der Waals surface area (Å²) in [5.41, 5.74) is 0. The third-order valence-electron chi connectivity index (χ3n) is 5.39. The molecule has 0 aromatic carbocycles. The van der Waals surface area contributed by atoms with E-state index in [0.29, 0.717) is 6.54 Å². The van der Waals surface area contributed by atoms with Gasteiger partial charge in [-0.3, -0.25) is 0 Å². The Hall–Kier alpha value is -1.28. The van der Waals surface area contributed by atoms with Gasteiger partial charge in [0.25, 0.3) is 0 Å². The van der Waals surface area contributed by atoms with Gasteiger partial charge in [-0.15, -0.1) is 0 Å². The van der Waals surface area contributed by atoms with Crippen LogP contribution in [0.5, 0.6) is 0 Å². The van der Waals surface area contributed by atoms with E-state index in [9.17, 15) is 4.79 Å². The maximum absolute atomic E-state index is 11.5. The fourth-order valence-electron chi connectivity index (χ4n) is 3.41. The molecule has 0 radical (unpaired) electrons. The van der Waals surface area contributed by atoms with Gasteiger partial charge < -0.3 is 15.2 Å². The third kappa shape index (κ3) is 21.2. The molecular formula is C24H46N2O3. The minimum Gasteiger partial charge on any atom is -0.449 e. The molecule has 29 heavy (non-hydrogen) atoms. The molecule has 1 atom stereocenters. The smallest absolute Gasteiger partial charge is 0.407 e. The van der Waals surface area contributed by atoms with E-state index in [0.717, 1.165) is 12.8 Å². The van der Waals surface area contributed by atoms with Gasteiger partial charge in [0.1, 0.15) is 0 Å². The maximum Gasteiger partial charge on any atom is 0.407 e. The lowest BCUT2D eigenvalue weighted by molar-refractivity contribution is 0.105. The first-order valence-corrected chi connectivity index (χ1v) is 12.1. The fraction of sp³-hybridized carbons (Fsp3) is 0.917. The molecule has 5 nitrogen and oxygen atoms in total. The van der Waals surface area contributed by atoms with E-state index < -0.39 is 6.09 Å². The second-order valence-corrected chi connectivity index (χ2v) is 8.24. The Labute approximate surface area is 179 Å². The molecule has 0 fully saturated rings. The van der Waals surface area contributed by atoms with E-state index in [1.54, 1.807) is 0 Å². The van der Waals surface area contributed by atoms with Crippen LogP contribution in [-0.2, 0) is 4.74 Å². The predicted octanol–water partition coefficient (Wildman–Crippen LogP) is 6.50. The number of aliphatic hydroxyl groups excluding tert-OH is 1. The van der Waals surface area contributed by atoms with Crippen LogP contribution in [0.3, 0.4) is 0 Å². The summed E-state index contributed by atoms with van der Waals surface area (Å²) in [4.78, 5) is 11.5. The molecule has 0 spiro atoms. The summed E-state index contributed by atoms with van der Waals surface area (Å²) in [5.74, 6) is -0.290. The number of aliphatic hydroxyl groups is 1. The number of nitriles is 1. The number of ether oxygens (including phenoxy) is 1. The highest BCUT2D eigenvalue weighted by Crippen LogP contribution is 2.13. The van der Waals surface area contributed by atoms with E-state index in [2.05, 4.69) is 12.2 Å². The fourth-order valence-corrected chi connectivity index (χ4v) is 3.41. The first kappa shape index (κ1) is 27.7. The highest BCUT2D eigenvalue weighted by Gasteiger charge is 2.10. The van der Waals surface area contributed by atoms with Crippen molar-refractivity contribution in [2.45, 2.75) is 116 Å². The number of carbonyl (C=O) groups excluding carboxylic acids is 1. The molecule has 170 valence electrons. The van der Waals surface area contributed by atoms with E-state index in [4.69, 9.17) is 15.1 Å². The van der Waals surface area contributed by atoms with Crippen molar-refractivity contribution >= 4 is 6.09 Å². The van der Waals surface area contributed by atoms with Crippen molar-refractivity contribution in [3.8, 4) is 6.07 Å². The van der Waals surface area contributed by atoms with Crippen molar-refractivity contribution in [2.75, 3.05) is 19.8 Å². The molecule has 1 unspecified atom stereocenters. The lowest BCUT2D eigenvalue weighted by Gasteiger charge is -2.11. The molecule has 0 aromatic rings. The van der Waals surface area contributed by atoms with E-state index in [1.165, 1.54) is 89.9 Å². The number of nitrogens with one attached hydrogen (secondary N) is 1. The second kappa shape index (κ2) is 23.0. The van der Waals surface area contributed by atoms with E-state index in [1.807, 2.05) is 6.07 Å². The van der Waals surface area contributed by atoms with Crippen molar-refractivity contribution in [2.24, 2.45) is 5.92 Å². The van der Waals surface area contributed by atoms with Crippen LogP contribution in [0.4, 0.5) is 4.79 Å². The van der Waals surface area contributed by atoms with Gasteiger partial charge in [-0.05, 0) is 6.42 Å². The average Bonchev–Trinajstić information content (AvgIpc) is 2.73. The summed E-state index contributed by atoms with van der Waals surface area (Å²) in [7, 11) is 0. The summed E-state index contributed by atoms with van der Waals surface area (Å²) in [6.45, 7) is 2.85. The monoisotopic (exact) mass is 410 g/mol. The van der Waals surface area contributed by atoms with Gasteiger partial charge in [0.15, 0.2) is 0 Å². The third-order valence-corrected chi connectivity index (χ3v) is 5.39. The zero-order valence-electron chi connectivity index (χ0n) is 18.9. The van der Waals surface area contributed by atoms with Gasteiger partial charge in [0.05, 0.1) is 19.3 Å². The minimum absolute atomic E-state index is 0.0921. The molecule has 0 aromatic heterocycles. The Morgan fingerprint density at radius 1 is 0.862 bits per heavy atom. The van der Waals surface area contributed by atoms with Gasteiger partial charge in [0.2, 0.25) is 0 Å². The number of nitrogens with zero attached hydrogens (tertiary/aromatic N) is 1. The topological polar surface area (TPSA) is 82.3 Å². The molecule has 0 bridgehead atoms. The Kier molecular flexibility index (Phi) is 22.0. The quantitative estimate of drug-likeness (QED) is 0.212. The molecule has 0 rings (SSSR count). The Morgan fingerprint density at radius 3 is 1.72 bits per heavy atom. The summed E-state index contributed by atoms with van der Waals surface area (Å²) >= 11 is 0. The number of hydrogen-bond donors (Lipinski definition) is 2. The van der Waals surface area contributed by atoms with E-state index in [-0.39, 0.29) is 25.6 Å². The molecule has 2 N–H and O–H groups in total. The molecule has 5 heteroatoms. The lowest BCUT2D eigenvalue weighted by atomic mass is 10.0. The van der Waals surface area contributed by atoms with Gasteiger partial charge >= 0.3 is 6.09 Å². The van der Waals surface area contributed by atoms with E-state index >= 15 is 0 Å². The second-order valence-electron chi connectivity index (χ2n) is 8.24. The molecule has 0 aliphatic heterocycles. The van der Waals surface area contributed by atoms with Crippen LogP contribution in [0.25, 0.3) is 0 Å². The van der Waals surface area contributed by atoms with Crippen LogP contribution in [0, 0.1) is 17.2 Å². The van der Waals surface area contributed by atoms with Crippen LogP contribution in [0.1, 0.15) is 116 Å². The summed E-state index contributed by atoms with van der Waals surface area (Å²) in [6.07, 6.45) is 21.1. The highest BCUT2D eigenvalue weighted by atomic mass is 16.5. The zero-order valence-corrected chi connectivity index (χ0v) is 18.9. The predicted molar refractivity (Wildman–Crippen MR) is 120 cm³/mol. The summed E-state index contributed by atoms with van der Waals surface area (Å²) < 4.78 is 5.02. The Bertz CT molecular complexity index is 396. The van der Waals surface area contributed by atoms with Crippen molar-refractivity contribution < 1.29 is 14.6 Å². The zero-order chi connectivity index (χ0) is 21.4. The first-order chi connectivity index (χ1) is 14.2. The number of alkyl carbamates (subject to hydrolysis) is 1. The number of hydrogen-bond acceptors (Lipinski definition) is 4. The molecule has 0 aliphatic rings. The van der Waals surface area contributed by atoms with Crippen LogP contribution in [0.2, 0.25) is 0 Å². The van der Waals surface area contributed by atoms with Gasteiger partial charge in [-0.25, -0.2) is 4.79 Å². The van der Waals surface area contributed by atoms with Crippen LogP contribution < -0.4 is 5.32 Å². The first-order valence-electron chi connectivity index (χ1n) is 12.1. The van der Waals surface area contributed by atoms with Crippen molar-refractivity contribution in [1.82, 2.24) is 5.32 Å². The standard InChI is InChI=1S/C24H46N2O3/c1-2-3-4-5-6-7-8-9-10-11-12-13-14-15-16-17-20-26-24(28)29-22-23(21-27)18-19-25/h23,27H,2-18,20-22H2,1H3,(H,26,28). The summed E-state index contributed by atoms with van der Waals surface area (Å²) in [5, 5.41) is 20.3. The maximum atomic E-state index is 11.5. The van der Waals surface area contributed by atoms with Gasteiger partial charge in [-0.1, -0.05) is 103 Å². The lowest BCUT2D eigenvalue weighted by Crippen LogP contribution is -2.28. The normalized spacial score (nSPS) is 11.8. The average molecular weight is 411 g/mol. The number of rotatable bonds is 21. The Balaban J connectivity index is 3.22. The SMILES string of the molecule is CCCCCCCCCCCCCCCCCCNC(=O)OCC(CO)CC#N. The van der Waals surface area contributed by atoms with Crippen LogP contribution in [-0.4, -0.2) is 31.0 Å². The van der Waals surface area contributed by atoms with Crippen molar-refractivity contribution in [1.29, 1.82) is 5.26 Å². The number of carbonyl (C=O) groups is 1. The molecule has 0 saturated heterocycles. The van der Waals surface area contributed by atoms with Gasteiger partial charge in [-0.2, -0.15) is 5.26 Å². The molecule has 0 saturated carbocycles. The Morgan fingerprint density at radius 2 is 1.31 bits per heavy atom. The highest BCUT2D eigenvalue weighted by molar-refractivity contribution is 5.67. The minimum atomic E-state index is -0.456. The number of amides is 1. The van der Waals surface area contributed by atoms with Crippen LogP contribution in [0.15, 0.2) is 0 Å².